The zero-order valence-electron chi connectivity index (χ0n) is 19.2. The summed E-state index contributed by atoms with van der Waals surface area (Å²) in [6, 6.07) is 13.6. The Labute approximate surface area is 192 Å². The Balaban J connectivity index is 1.64. The smallest absolute Gasteiger partial charge is 0.340 e. The highest BCUT2D eigenvalue weighted by molar-refractivity contribution is 6.03. The van der Waals surface area contributed by atoms with Crippen LogP contribution in [0.2, 0.25) is 0 Å². The molecule has 8 heteroatoms. The van der Waals surface area contributed by atoms with Crippen molar-refractivity contribution in [1.29, 1.82) is 0 Å². The van der Waals surface area contributed by atoms with Crippen molar-refractivity contribution >= 4 is 34.9 Å². The van der Waals surface area contributed by atoms with Crippen LogP contribution >= 0.6 is 0 Å². The molecule has 0 aromatic heterocycles. The average molecular weight is 453 g/mol. The van der Waals surface area contributed by atoms with Gasteiger partial charge in [-0.1, -0.05) is 45.0 Å². The number of para-hydroxylation sites is 3. The van der Waals surface area contributed by atoms with Gasteiger partial charge in [0.2, 0.25) is 5.91 Å². The van der Waals surface area contributed by atoms with Gasteiger partial charge in [-0.15, -0.1) is 0 Å². The number of rotatable bonds is 7. The van der Waals surface area contributed by atoms with Gasteiger partial charge in [-0.3, -0.25) is 14.4 Å². The lowest BCUT2D eigenvalue weighted by molar-refractivity contribution is -0.129. The molecular formula is C25H28N2O6. The lowest BCUT2D eigenvalue weighted by atomic mass is 9.91. The van der Waals surface area contributed by atoms with Gasteiger partial charge in [0.15, 0.2) is 18.5 Å². The molecule has 0 bridgehead atoms. The predicted octanol–water partition coefficient (Wildman–Crippen LogP) is 3.60. The molecule has 0 aliphatic carbocycles. The third-order valence-corrected chi connectivity index (χ3v) is 5.23. The molecule has 1 aliphatic heterocycles. The normalized spacial score (nSPS) is 15.3. The number of amides is 2. The highest BCUT2D eigenvalue weighted by Crippen LogP contribution is 2.33. The number of anilines is 2. The summed E-state index contributed by atoms with van der Waals surface area (Å²) in [6.45, 7) is 6.71. The second-order valence-electron chi connectivity index (χ2n) is 8.81. The predicted molar refractivity (Wildman–Crippen MR) is 123 cm³/mol. The van der Waals surface area contributed by atoms with E-state index < -0.39 is 17.5 Å². The number of carbonyl (C=O) groups is 4. The molecule has 0 saturated carbocycles. The summed E-state index contributed by atoms with van der Waals surface area (Å²) < 4.78 is 10.8. The number of carbonyl (C=O) groups excluding carboxylic acids is 4. The van der Waals surface area contributed by atoms with Crippen molar-refractivity contribution in [3.05, 3.63) is 54.1 Å². The van der Waals surface area contributed by atoms with E-state index in [2.05, 4.69) is 5.32 Å². The molecule has 2 amide bonds. The molecule has 0 unspecified atom stereocenters. The first kappa shape index (κ1) is 24.0. The molecule has 1 aliphatic rings. The Morgan fingerprint density at radius 3 is 2.45 bits per heavy atom. The van der Waals surface area contributed by atoms with E-state index in [1.54, 1.807) is 64.1 Å². The lowest BCUT2D eigenvalue weighted by Gasteiger charge is -2.32. The van der Waals surface area contributed by atoms with Crippen LogP contribution in [0.4, 0.5) is 11.4 Å². The molecule has 0 radical (unpaired) electrons. The Bertz CT molecular complexity index is 1070. The molecule has 2 aromatic rings. The summed E-state index contributed by atoms with van der Waals surface area (Å²) in [6.07, 6.45) is -0.632. The van der Waals surface area contributed by atoms with Crippen LogP contribution in [0.3, 0.4) is 0 Å². The van der Waals surface area contributed by atoms with Crippen LogP contribution in [0, 0.1) is 5.41 Å². The molecule has 3 rings (SSSR count). The Hall–Kier alpha value is -3.68. The first-order valence-corrected chi connectivity index (χ1v) is 10.7. The van der Waals surface area contributed by atoms with Crippen LogP contribution in [0.15, 0.2) is 48.5 Å². The summed E-state index contributed by atoms with van der Waals surface area (Å²) in [5, 5.41) is 2.70. The lowest BCUT2D eigenvalue weighted by Crippen LogP contribution is -2.45. The summed E-state index contributed by atoms with van der Waals surface area (Å²) in [7, 11) is 0. The molecule has 8 nitrogen and oxygen atoms in total. The van der Waals surface area contributed by atoms with Crippen molar-refractivity contribution in [2.45, 2.75) is 40.2 Å². The van der Waals surface area contributed by atoms with Crippen LogP contribution in [-0.4, -0.2) is 42.8 Å². The number of ketones is 1. The van der Waals surface area contributed by atoms with Gasteiger partial charge in [0.05, 0.1) is 16.9 Å². The maximum atomic E-state index is 12.6. The molecule has 0 spiro atoms. The van der Waals surface area contributed by atoms with E-state index in [1.807, 2.05) is 6.07 Å². The van der Waals surface area contributed by atoms with Crippen molar-refractivity contribution < 1.29 is 28.7 Å². The summed E-state index contributed by atoms with van der Waals surface area (Å²) in [5.74, 6) is -0.918. The number of nitrogens with zero attached hydrogens (tertiary/aromatic N) is 1. The third-order valence-electron chi connectivity index (χ3n) is 5.23. The first-order valence-electron chi connectivity index (χ1n) is 10.7. The molecule has 1 N–H and O–H groups in total. The van der Waals surface area contributed by atoms with Crippen molar-refractivity contribution in [1.82, 2.24) is 0 Å². The van der Waals surface area contributed by atoms with Gasteiger partial charge in [-0.25, -0.2) is 4.79 Å². The number of Topliss-reactive ketones (excluding diaryl/α,β-unsaturated/α-hetero) is 1. The maximum Gasteiger partial charge on any atom is 0.340 e. The van der Waals surface area contributed by atoms with E-state index in [0.717, 1.165) is 0 Å². The molecule has 33 heavy (non-hydrogen) atoms. The van der Waals surface area contributed by atoms with Gasteiger partial charge in [0.25, 0.3) is 5.91 Å². The molecule has 0 saturated heterocycles. The number of benzene rings is 2. The van der Waals surface area contributed by atoms with Crippen LogP contribution in [-0.2, 0) is 19.1 Å². The average Bonchev–Trinajstić information content (AvgIpc) is 2.77. The van der Waals surface area contributed by atoms with Gasteiger partial charge in [0, 0.05) is 18.4 Å². The molecule has 1 atom stereocenters. The largest absolute Gasteiger partial charge is 0.479 e. The van der Waals surface area contributed by atoms with E-state index in [4.69, 9.17) is 9.47 Å². The van der Waals surface area contributed by atoms with Gasteiger partial charge in [-0.05, 0) is 31.2 Å². The van der Waals surface area contributed by atoms with Gasteiger partial charge in [0.1, 0.15) is 5.75 Å². The number of nitrogens with one attached hydrogen (secondary N) is 1. The van der Waals surface area contributed by atoms with Crippen LogP contribution in [0.1, 0.15) is 44.5 Å². The van der Waals surface area contributed by atoms with E-state index in [1.165, 1.54) is 11.0 Å². The number of hydrogen-bond acceptors (Lipinski definition) is 6. The Morgan fingerprint density at radius 2 is 1.73 bits per heavy atom. The van der Waals surface area contributed by atoms with E-state index in [0.29, 0.717) is 11.4 Å². The highest BCUT2D eigenvalue weighted by atomic mass is 16.5. The third kappa shape index (κ3) is 5.77. The topological polar surface area (TPSA) is 102 Å². The minimum absolute atomic E-state index is 0.0126. The Kier molecular flexibility index (Phi) is 7.16. The fraction of sp³-hybridized carbons (Fsp3) is 0.360. The van der Waals surface area contributed by atoms with Crippen molar-refractivity contribution in [3.8, 4) is 5.75 Å². The van der Waals surface area contributed by atoms with Crippen molar-refractivity contribution in [2.24, 2.45) is 5.41 Å². The molecule has 174 valence electrons. The second kappa shape index (κ2) is 9.85. The zero-order chi connectivity index (χ0) is 24.2. The minimum Gasteiger partial charge on any atom is -0.479 e. The van der Waals surface area contributed by atoms with Gasteiger partial charge in [-0.2, -0.15) is 0 Å². The van der Waals surface area contributed by atoms with Crippen LogP contribution < -0.4 is 15.0 Å². The first-order chi connectivity index (χ1) is 15.6. The summed E-state index contributed by atoms with van der Waals surface area (Å²) >= 11 is 0. The molecule has 1 heterocycles. The van der Waals surface area contributed by atoms with Crippen molar-refractivity contribution in [2.75, 3.05) is 23.4 Å². The number of esters is 1. The summed E-state index contributed by atoms with van der Waals surface area (Å²) in [4.78, 5) is 51.3. The highest BCUT2D eigenvalue weighted by Gasteiger charge is 2.31. The zero-order valence-corrected chi connectivity index (χ0v) is 19.2. The van der Waals surface area contributed by atoms with Gasteiger partial charge >= 0.3 is 5.97 Å². The SMILES string of the molecule is C[C@@H]1Oc2ccccc2N(CCC(=O)Nc2ccccc2C(=O)OCC(=O)C(C)(C)C)C1=O. The van der Waals surface area contributed by atoms with E-state index >= 15 is 0 Å². The van der Waals surface area contributed by atoms with Crippen molar-refractivity contribution in [3.63, 3.8) is 0 Å². The molecular weight excluding hydrogens is 424 g/mol. The summed E-state index contributed by atoms with van der Waals surface area (Å²) in [5.41, 5.74) is 0.411. The maximum absolute atomic E-state index is 12.6. The number of fused-ring (bicyclic) bond motifs is 1. The van der Waals surface area contributed by atoms with E-state index in [9.17, 15) is 19.2 Å². The van der Waals surface area contributed by atoms with Crippen LogP contribution in [0.5, 0.6) is 5.75 Å². The fourth-order valence-corrected chi connectivity index (χ4v) is 3.21. The quantitative estimate of drug-likeness (QED) is 0.644. The molecule has 0 fully saturated rings. The Morgan fingerprint density at radius 1 is 1.06 bits per heavy atom. The monoisotopic (exact) mass is 452 g/mol. The van der Waals surface area contributed by atoms with E-state index in [-0.39, 0.29) is 48.4 Å². The standard InChI is InChI=1S/C25H28N2O6/c1-16-23(30)27(19-11-7-8-12-20(19)33-16)14-13-22(29)26-18-10-6-5-9-17(18)24(31)32-15-21(28)25(2,3)4/h5-12,16H,13-15H2,1-4H3,(H,26,29)/t16-/m0/s1. The number of ether oxygens (including phenoxy) is 2. The number of hydrogen-bond donors (Lipinski definition) is 1. The minimum atomic E-state index is -0.699. The second-order valence-corrected chi connectivity index (χ2v) is 8.81. The molecule has 2 aromatic carbocycles. The van der Waals surface area contributed by atoms with Crippen LogP contribution in [0.25, 0.3) is 0 Å². The van der Waals surface area contributed by atoms with Gasteiger partial charge < -0.3 is 19.7 Å². The fourth-order valence-electron chi connectivity index (χ4n) is 3.21.